The molecule has 0 radical (unpaired) electrons. The van der Waals surface area contributed by atoms with Crippen molar-refractivity contribution in [2.75, 3.05) is 39.3 Å². The largest absolute Gasteiger partial charge is 0.355 e. The molecule has 0 aliphatic carbocycles. The smallest absolute Gasteiger partial charge is 0.234 e. The zero-order valence-corrected chi connectivity index (χ0v) is 16.9. The van der Waals surface area contributed by atoms with Crippen LogP contribution in [0.25, 0.3) is 0 Å². The summed E-state index contributed by atoms with van der Waals surface area (Å²) in [6, 6.07) is 4.40. The highest BCUT2D eigenvalue weighted by atomic mass is 16.2. The summed E-state index contributed by atoms with van der Waals surface area (Å²) in [5.41, 5.74) is 1.03. The molecule has 0 bridgehead atoms. The Labute approximate surface area is 167 Å². The second-order valence-electron chi connectivity index (χ2n) is 7.87. The Bertz CT molecular complexity index is 631. The van der Waals surface area contributed by atoms with Crippen LogP contribution in [0.15, 0.2) is 24.5 Å². The Morgan fingerprint density at radius 2 is 2.00 bits per heavy atom. The number of nitrogens with zero attached hydrogens (tertiary/aromatic N) is 3. The van der Waals surface area contributed by atoms with Crippen LogP contribution >= 0.6 is 0 Å². The fourth-order valence-corrected chi connectivity index (χ4v) is 4.29. The lowest BCUT2D eigenvalue weighted by atomic mass is 9.93. The first-order valence-electron chi connectivity index (χ1n) is 10.6. The first-order chi connectivity index (χ1) is 13.7. The summed E-state index contributed by atoms with van der Waals surface area (Å²) in [6.45, 7) is 7.51. The number of aromatic nitrogens is 1. The molecular formula is C21H33N5O2. The van der Waals surface area contributed by atoms with Gasteiger partial charge in [-0.2, -0.15) is 0 Å². The maximum atomic E-state index is 12.6. The van der Waals surface area contributed by atoms with Crippen LogP contribution in [0, 0.1) is 5.92 Å². The summed E-state index contributed by atoms with van der Waals surface area (Å²) >= 11 is 0. The van der Waals surface area contributed by atoms with E-state index in [-0.39, 0.29) is 17.7 Å². The quantitative estimate of drug-likeness (QED) is 0.730. The summed E-state index contributed by atoms with van der Waals surface area (Å²) < 4.78 is 0. The van der Waals surface area contributed by atoms with Gasteiger partial charge in [-0.15, -0.1) is 0 Å². The van der Waals surface area contributed by atoms with Gasteiger partial charge < -0.3 is 10.6 Å². The molecule has 2 amide bonds. The van der Waals surface area contributed by atoms with Crippen LogP contribution in [0.1, 0.15) is 38.2 Å². The molecular weight excluding hydrogens is 354 g/mol. The van der Waals surface area contributed by atoms with Crippen molar-refractivity contribution in [2.45, 2.75) is 45.2 Å². The van der Waals surface area contributed by atoms with Gasteiger partial charge in [-0.25, -0.2) is 0 Å². The van der Waals surface area contributed by atoms with Crippen molar-refractivity contribution in [1.82, 2.24) is 25.4 Å². The van der Waals surface area contributed by atoms with Gasteiger partial charge in [0.1, 0.15) is 0 Å². The van der Waals surface area contributed by atoms with Crippen LogP contribution in [-0.2, 0) is 16.1 Å². The molecule has 0 saturated carbocycles. The monoisotopic (exact) mass is 387 g/mol. The van der Waals surface area contributed by atoms with E-state index in [1.54, 1.807) is 12.4 Å². The highest BCUT2D eigenvalue weighted by Crippen LogP contribution is 2.24. The number of rotatable bonds is 7. The summed E-state index contributed by atoms with van der Waals surface area (Å²) in [4.78, 5) is 33.2. The molecule has 2 saturated heterocycles. The molecule has 1 aromatic rings. The van der Waals surface area contributed by atoms with Gasteiger partial charge in [-0.1, -0.05) is 6.07 Å². The van der Waals surface area contributed by atoms with Crippen molar-refractivity contribution in [3.05, 3.63) is 30.1 Å². The van der Waals surface area contributed by atoms with E-state index in [2.05, 4.69) is 25.4 Å². The predicted molar refractivity (Wildman–Crippen MR) is 109 cm³/mol. The topological polar surface area (TPSA) is 77.6 Å². The second-order valence-corrected chi connectivity index (χ2v) is 7.87. The standard InChI is InChI=1S/C21H33N5O2/c1-2-23-20(27)16-25-11-7-19(8-12-25)26-10-4-6-18(15-26)21(28)24-14-17-5-3-9-22-13-17/h3,5,9,13,18-19H,2,4,6-8,10-12,14-16H2,1H3,(H,23,27)(H,24,28)/t18-/m0/s1. The third-order valence-electron chi connectivity index (χ3n) is 5.83. The van der Waals surface area contributed by atoms with Crippen LogP contribution < -0.4 is 10.6 Å². The van der Waals surface area contributed by atoms with E-state index in [1.807, 2.05) is 19.1 Å². The highest BCUT2D eigenvalue weighted by molar-refractivity contribution is 5.79. The number of piperidine rings is 2. The molecule has 1 aromatic heterocycles. The molecule has 0 unspecified atom stereocenters. The average Bonchev–Trinajstić information content (AvgIpc) is 2.73. The molecule has 3 heterocycles. The van der Waals surface area contributed by atoms with Gasteiger partial charge in [0.25, 0.3) is 0 Å². The number of nitrogens with one attached hydrogen (secondary N) is 2. The predicted octanol–water partition coefficient (Wildman–Crippen LogP) is 1.01. The van der Waals surface area contributed by atoms with Crippen molar-refractivity contribution >= 4 is 11.8 Å². The molecule has 0 aromatic carbocycles. The van der Waals surface area contributed by atoms with E-state index in [0.717, 1.165) is 57.4 Å². The number of hydrogen-bond acceptors (Lipinski definition) is 5. The molecule has 7 nitrogen and oxygen atoms in total. The van der Waals surface area contributed by atoms with Gasteiger partial charge in [-0.05, 0) is 50.8 Å². The second kappa shape index (κ2) is 10.5. The number of pyridine rings is 1. The molecule has 2 aliphatic rings. The Morgan fingerprint density at radius 3 is 2.71 bits per heavy atom. The molecule has 154 valence electrons. The number of hydrogen-bond donors (Lipinski definition) is 2. The zero-order chi connectivity index (χ0) is 19.8. The van der Waals surface area contributed by atoms with Gasteiger partial charge in [0.05, 0.1) is 12.5 Å². The Kier molecular flexibility index (Phi) is 7.80. The van der Waals surface area contributed by atoms with Crippen molar-refractivity contribution in [2.24, 2.45) is 5.92 Å². The number of carbonyl (C=O) groups excluding carboxylic acids is 2. The fourth-order valence-electron chi connectivity index (χ4n) is 4.29. The lowest BCUT2D eigenvalue weighted by Crippen LogP contribution is -2.51. The highest BCUT2D eigenvalue weighted by Gasteiger charge is 2.31. The molecule has 1 atom stereocenters. The van der Waals surface area contributed by atoms with Gasteiger partial charge >= 0.3 is 0 Å². The van der Waals surface area contributed by atoms with E-state index >= 15 is 0 Å². The maximum absolute atomic E-state index is 12.6. The van der Waals surface area contributed by atoms with Crippen molar-refractivity contribution < 1.29 is 9.59 Å². The van der Waals surface area contributed by atoms with E-state index < -0.39 is 0 Å². The molecule has 28 heavy (non-hydrogen) atoms. The van der Waals surface area contributed by atoms with Crippen molar-refractivity contribution in [1.29, 1.82) is 0 Å². The lowest BCUT2D eigenvalue weighted by molar-refractivity contribution is -0.127. The van der Waals surface area contributed by atoms with Gasteiger partial charge in [0.2, 0.25) is 11.8 Å². The minimum absolute atomic E-state index is 0.0683. The van der Waals surface area contributed by atoms with Crippen LogP contribution in [-0.4, -0.2) is 71.9 Å². The molecule has 7 heteroatoms. The Balaban J connectivity index is 1.42. The van der Waals surface area contributed by atoms with E-state index in [9.17, 15) is 9.59 Å². The molecule has 2 N–H and O–H groups in total. The Morgan fingerprint density at radius 1 is 1.18 bits per heavy atom. The Hall–Kier alpha value is -1.99. The van der Waals surface area contributed by atoms with Gasteiger partial charge in [0, 0.05) is 51.2 Å². The van der Waals surface area contributed by atoms with Gasteiger partial charge in [-0.3, -0.25) is 24.4 Å². The fraction of sp³-hybridized carbons (Fsp3) is 0.667. The van der Waals surface area contributed by atoms with Crippen LogP contribution in [0.4, 0.5) is 0 Å². The number of likely N-dealkylation sites (N-methyl/N-ethyl adjacent to an activating group) is 1. The summed E-state index contributed by atoms with van der Waals surface area (Å²) in [7, 11) is 0. The van der Waals surface area contributed by atoms with E-state index in [4.69, 9.17) is 0 Å². The molecule has 3 rings (SSSR count). The SMILES string of the molecule is CCNC(=O)CN1CCC(N2CCC[C@H](C(=O)NCc3cccnc3)C2)CC1. The number of amides is 2. The molecule has 2 fully saturated rings. The van der Waals surface area contributed by atoms with Crippen LogP contribution in [0.2, 0.25) is 0 Å². The minimum Gasteiger partial charge on any atom is -0.355 e. The number of carbonyl (C=O) groups is 2. The normalized spacial score (nSPS) is 22.0. The molecule has 0 spiro atoms. The van der Waals surface area contributed by atoms with E-state index in [1.165, 1.54) is 0 Å². The number of likely N-dealkylation sites (tertiary alicyclic amines) is 2. The zero-order valence-electron chi connectivity index (χ0n) is 16.9. The third-order valence-corrected chi connectivity index (χ3v) is 5.83. The van der Waals surface area contributed by atoms with Gasteiger partial charge in [0.15, 0.2) is 0 Å². The average molecular weight is 388 g/mol. The first-order valence-corrected chi connectivity index (χ1v) is 10.6. The summed E-state index contributed by atoms with van der Waals surface area (Å²) in [5.74, 6) is 0.338. The van der Waals surface area contributed by atoms with Crippen molar-refractivity contribution in [3.8, 4) is 0 Å². The van der Waals surface area contributed by atoms with Crippen LogP contribution in [0.5, 0.6) is 0 Å². The molecule has 2 aliphatic heterocycles. The maximum Gasteiger partial charge on any atom is 0.234 e. The summed E-state index contributed by atoms with van der Waals surface area (Å²) in [5, 5.41) is 5.94. The third kappa shape index (κ3) is 6.01. The minimum atomic E-state index is 0.0683. The van der Waals surface area contributed by atoms with E-state index in [0.29, 0.717) is 25.7 Å². The summed E-state index contributed by atoms with van der Waals surface area (Å²) in [6.07, 6.45) is 7.72. The van der Waals surface area contributed by atoms with Crippen molar-refractivity contribution in [3.63, 3.8) is 0 Å². The van der Waals surface area contributed by atoms with Crippen LogP contribution in [0.3, 0.4) is 0 Å². The lowest BCUT2D eigenvalue weighted by Gasteiger charge is -2.41. The first kappa shape index (κ1) is 20.7.